The highest BCUT2D eigenvalue weighted by molar-refractivity contribution is 8.00. The molecule has 0 saturated carbocycles. The van der Waals surface area contributed by atoms with Crippen LogP contribution in [0.15, 0.2) is 18.2 Å². The highest BCUT2D eigenvalue weighted by atomic mass is 32.2. The van der Waals surface area contributed by atoms with Gasteiger partial charge in [-0.25, -0.2) is 0 Å². The maximum Gasteiger partial charge on any atom is 0.233 e. The summed E-state index contributed by atoms with van der Waals surface area (Å²) in [5.41, 5.74) is 0.992. The Morgan fingerprint density at radius 2 is 2.18 bits per heavy atom. The molecule has 7 heteroatoms. The molecule has 5 nitrogen and oxygen atoms in total. The van der Waals surface area contributed by atoms with E-state index in [-0.39, 0.29) is 17.9 Å². The maximum atomic E-state index is 12.1. The van der Waals surface area contributed by atoms with Crippen LogP contribution in [0.5, 0.6) is 11.5 Å². The van der Waals surface area contributed by atoms with E-state index in [1.165, 1.54) is 0 Å². The third-order valence-corrected chi connectivity index (χ3v) is 5.57. The number of rotatable bonds is 8. The number of methoxy groups -OCH3 is 2. The van der Waals surface area contributed by atoms with Crippen LogP contribution in [0.2, 0.25) is 0 Å². The molecule has 1 unspecified atom stereocenters. The van der Waals surface area contributed by atoms with Gasteiger partial charge < -0.3 is 19.5 Å². The van der Waals surface area contributed by atoms with E-state index in [2.05, 4.69) is 0 Å². The van der Waals surface area contributed by atoms with Gasteiger partial charge in [0.2, 0.25) is 5.91 Å². The molecule has 1 aliphatic rings. The van der Waals surface area contributed by atoms with Crippen molar-refractivity contribution in [2.75, 3.05) is 44.6 Å². The molecule has 1 saturated heterocycles. The van der Waals surface area contributed by atoms with Crippen LogP contribution in [0.25, 0.3) is 0 Å². The van der Waals surface area contributed by atoms with E-state index < -0.39 is 0 Å². The first-order valence-corrected chi connectivity index (χ1v) is 9.23. The number of amides is 1. The number of carbonyl (C=O) groups excluding carboxylic acids is 1. The van der Waals surface area contributed by atoms with Gasteiger partial charge in [-0.3, -0.25) is 4.79 Å². The highest BCUT2D eigenvalue weighted by Gasteiger charge is 2.34. The minimum atomic E-state index is -0.0249. The lowest BCUT2D eigenvalue weighted by atomic mass is 10.1. The van der Waals surface area contributed by atoms with Crippen LogP contribution in [0.3, 0.4) is 0 Å². The predicted molar refractivity (Wildman–Crippen MR) is 90.9 cm³/mol. The molecule has 2 rings (SSSR count). The average molecular weight is 343 g/mol. The first-order valence-electron chi connectivity index (χ1n) is 7.03. The van der Waals surface area contributed by atoms with Gasteiger partial charge in [0.05, 0.1) is 26.6 Å². The van der Waals surface area contributed by atoms with Crippen LogP contribution in [0.4, 0.5) is 0 Å². The lowest BCUT2D eigenvalue weighted by Gasteiger charge is -2.25. The Labute approximate surface area is 139 Å². The van der Waals surface area contributed by atoms with Crippen molar-refractivity contribution in [3.8, 4) is 11.5 Å². The Morgan fingerprint density at radius 3 is 2.86 bits per heavy atom. The number of thioether (sulfide) groups is 2. The second kappa shape index (κ2) is 8.55. The smallest absolute Gasteiger partial charge is 0.233 e. The average Bonchev–Trinajstić information content (AvgIpc) is 2.91. The fourth-order valence-electron chi connectivity index (χ4n) is 2.31. The quantitative estimate of drug-likeness (QED) is 0.729. The third-order valence-electron chi connectivity index (χ3n) is 3.39. The van der Waals surface area contributed by atoms with E-state index in [9.17, 15) is 4.79 Å². The van der Waals surface area contributed by atoms with E-state index in [0.29, 0.717) is 18.1 Å². The Balaban J connectivity index is 2.13. The van der Waals surface area contributed by atoms with Gasteiger partial charge in [-0.2, -0.15) is 11.8 Å². The standard InChI is InChI=1S/C15H21NO4S2/c1-19-11-3-4-12(13(9-11)20-2)15-16(14(18)10-22-15)5-7-21-8-6-17/h3-4,9,15,17H,5-8,10H2,1-2H3. The number of aliphatic hydroxyl groups excluding tert-OH is 1. The Kier molecular flexibility index (Phi) is 6.72. The van der Waals surface area contributed by atoms with Crippen LogP contribution < -0.4 is 9.47 Å². The molecule has 1 aliphatic heterocycles. The van der Waals surface area contributed by atoms with Gasteiger partial charge in [0.25, 0.3) is 0 Å². The molecular weight excluding hydrogens is 322 g/mol. The monoisotopic (exact) mass is 343 g/mol. The number of benzene rings is 1. The maximum absolute atomic E-state index is 12.1. The largest absolute Gasteiger partial charge is 0.497 e. The minimum absolute atomic E-state index is 0.0249. The molecule has 1 amide bonds. The number of carbonyl (C=O) groups is 1. The Bertz CT molecular complexity index is 512. The van der Waals surface area contributed by atoms with E-state index >= 15 is 0 Å². The van der Waals surface area contributed by atoms with Crippen molar-refractivity contribution in [1.29, 1.82) is 0 Å². The van der Waals surface area contributed by atoms with Crippen LogP contribution in [-0.4, -0.2) is 60.5 Å². The van der Waals surface area contributed by atoms with Crippen LogP contribution in [0, 0.1) is 0 Å². The van der Waals surface area contributed by atoms with Crippen molar-refractivity contribution < 1.29 is 19.4 Å². The van der Waals surface area contributed by atoms with Gasteiger partial charge in [0.15, 0.2) is 0 Å². The summed E-state index contributed by atoms with van der Waals surface area (Å²) in [6.45, 7) is 0.847. The van der Waals surface area contributed by atoms with Gasteiger partial charge in [0, 0.05) is 29.7 Å². The van der Waals surface area contributed by atoms with E-state index in [0.717, 1.165) is 22.8 Å². The zero-order chi connectivity index (χ0) is 15.9. The number of ether oxygens (including phenoxy) is 2. The predicted octanol–water partition coefficient (Wildman–Crippen LogP) is 2.00. The molecule has 1 aromatic rings. The topological polar surface area (TPSA) is 59.0 Å². The van der Waals surface area contributed by atoms with Crippen molar-refractivity contribution in [2.24, 2.45) is 0 Å². The fraction of sp³-hybridized carbons (Fsp3) is 0.533. The van der Waals surface area contributed by atoms with Crippen molar-refractivity contribution >= 4 is 29.4 Å². The first kappa shape index (κ1) is 17.3. The number of hydrogen-bond donors (Lipinski definition) is 1. The molecule has 22 heavy (non-hydrogen) atoms. The second-order valence-electron chi connectivity index (χ2n) is 4.69. The molecule has 1 fully saturated rings. The zero-order valence-corrected chi connectivity index (χ0v) is 14.4. The molecule has 122 valence electrons. The molecule has 0 spiro atoms. The lowest BCUT2D eigenvalue weighted by molar-refractivity contribution is -0.127. The molecule has 0 aliphatic carbocycles. The molecule has 0 aromatic heterocycles. The van der Waals surface area contributed by atoms with Crippen molar-refractivity contribution in [3.63, 3.8) is 0 Å². The second-order valence-corrected chi connectivity index (χ2v) is 6.99. The van der Waals surface area contributed by atoms with Crippen molar-refractivity contribution in [2.45, 2.75) is 5.37 Å². The number of aliphatic hydroxyl groups is 1. The molecule has 0 bridgehead atoms. The summed E-state index contributed by atoms with van der Waals surface area (Å²) < 4.78 is 10.7. The SMILES string of the molecule is COc1ccc(C2SCC(=O)N2CCSCCO)c(OC)c1. The molecule has 1 atom stereocenters. The zero-order valence-electron chi connectivity index (χ0n) is 12.8. The molecule has 1 N–H and O–H groups in total. The van der Waals surface area contributed by atoms with E-state index in [4.69, 9.17) is 14.6 Å². The number of hydrogen-bond acceptors (Lipinski definition) is 6. The molecule has 1 aromatic carbocycles. The summed E-state index contributed by atoms with van der Waals surface area (Å²) in [6.07, 6.45) is 0. The summed E-state index contributed by atoms with van der Waals surface area (Å²) >= 11 is 3.27. The third kappa shape index (κ3) is 4.02. The lowest BCUT2D eigenvalue weighted by Crippen LogP contribution is -2.30. The molecular formula is C15H21NO4S2. The van der Waals surface area contributed by atoms with E-state index in [1.807, 2.05) is 23.1 Å². The van der Waals surface area contributed by atoms with Gasteiger partial charge in [-0.05, 0) is 12.1 Å². The van der Waals surface area contributed by atoms with Gasteiger partial charge in [0.1, 0.15) is 16.9 Å². The van der Waals surface area contributed by atoms with Crippen LogP contribution in [0.1, 0.15) is 10.9 Å². The summed E-state index contributed by atoms with van der Waals surface area (Å²) in [4.78, 5) is 14.0. The summed E-state index contributed by atoms with van der Waals surface area (Å²) in [6, 6.07) is 5.69. The van der Waals surface area contributed by atoms with Gasteiger partial charge in [-0.15, -0.1) is 11.8 Å². The minimum Gasteiger partial charge on any atom is -0.497 e. The van der Waals surface area contributed by atoms with Crippen molar-refractivity contribution in [1.82, 2.24) is 4.90 Å². The Hall–Kier alpha value is -1.05. The normalized spacial score (nSPS) is 17.9. The summed E-state index contributed by atoms with van der Waals surface area (Å²) in [5.74, 6) is 3.63. The van der Waals surface area contributed by atoms with Gasteiger partial charge >= 0.3 is 0 Å². The van der Waals surface area contributed by atoms with Crippen molar-refractivity contribution in [3.05, 3.63) is 23.8 Å². The summed E-state index contributed by atoms with van der Waals surface area (Å²) in [7, 11) is 3.24. The van der Waals surface area contributed by atoms with Crippen LogP contribution in [-0.2, 0) is 4.79 Å². The fourth-order valence-corrected chi connectivity index (χ4v) is 4.21. The number of nitrogens with zero attached hydrogens (tertiary/aromatic N) is 1. The Morgan fingerprint density at radius 1 is 1.36 bits per heavy atom. The van der Waals surface area contributed by atoms with Gasteiger partial charge in [-0.1, -0.05) is 0 Å². The first-order chi connectivity index (χ1) is 10.7. The summed E-state index contributed by atoms with van der Waals surface area (Å²) in [5, 5.41) is 8.80. The molecule has 1 heterocycles. The van der Waals surface area contributed by atoms with Crippen LogP contribution >= 0.6 is 23.5 Å². The molecule has 0 radical (unpaired) electrons. The highest BCUT2D eigenvalue weighted by Crippen LogP contribution is 2.43. The van der Waals surface area contributed by atoms with E-state index in [1.54, 1.807) is 37.7 Å².